The molecule has 1 rings (SSSR count). The van der Waals surface area contributed by atoms with Gasteiger partial charge in [0.05, 0.1) is 6.54 Å². The van der Waals surface area contributed by atoms with Crippen LogP contribution in [0.2, 0.25) is 0 Å². The van der Waals surface area contributed by atoms with E-state index in [1.807, 2.05) is 18.5 Å². The van der Waals surface area contributed by atoms with Crippen LogP contribution in [0.15, 0.2) is 4.99 Å². The maximum atomic E-state index is 4.24. The van der Waals surface area contributed by atoms with Gasteiger partial charge in [0.15, 0.2) is 11.8 Å². The van der Waals surface area contributed by atoms with Crippen LogP contribution >= 0.6 is 24.0 Å². The largest absolute Gasteiger partial charge is 0.354 e. The zero-order chi connectivity index (χ0) is 15.0. The SMILES string of the molecule is CCCCCC(C)NC(=NC)NCc1nnc(C)n1C.I. The highest BCUT2D eigenvalue weighted by Crippen LogP contribution is 2.02. The zero-order valence-corrected chi connectivity index (χ0v) is 16.1. The minimum Gasteiger partial charge on any atom is -0.354 e. The Morgan fingerprint density at radius 1 is 1.33 bits per heavy atom. The van der Waals surface area contributed by atoms with Crippen LogP contribution in [0.3, 0.4) is 0 Å². The van der Waals surface area contributed by atoms with E-state index in [0.717, 1.165) is 24.0 Å². The molecule has 0 radical (unpaired) electrons. The monoisotopic (exact) mass is 408 g/mol. The number of nitrogens with one attached hydrogen (secondary N) is 2. The van der Waals surface area contributed by atoms with Gasteiger partial charge in [0.1, 0.15) is 5.82 Å². The van der Waals surface area contributed by atoms with E-state index in [9.17, 15) is 0 Å². The molecule has 1 atom stereocenters. The topological polar surface area (TPSA) is 67.1 Å². The molecule has 0 aromatic carbocycles. The van der Waals surface area contributed by atoms with Crippen molar-refractivity contribution >= 4 is 29.9 Å². The Morgan fingerprint density at radius 3 is 2.57 bits per heavy atom. The first kappa shape index (κ1) is 20.1. The van der Waals surface area contributed by atoms with Crippen LogP contribution in [-0.4, -0.2) is 33.8 Å². The summed E-state index contributed by atoms with van der Waals surface area (Å²) >= 11 is 0. The number of aromatic nitrogens is 3. The Labute approximate surface area is 145 Å². The molecule has 2 N–H and O–H groups in total. The third-order valence-electron chi connectivity index (χ3n) is 3.44. The standard InChI is InChI=1S/C14H28N6.HI/c1-6-7-8-9-11(2)17-14(15-4)16-10-13-19-18-12(3)20(13)5;/h11H,6-10H2,1-5H3,(H2,15,16,17);1H. The van der Waals surface area contributed by atoms with Crippen molar-refractivity contribution in [3.63, 3.8) is 0 Å². The van der Waals surface area contributed by atoms with Crippen molar-refractivity contribution in [1.29, 1.82) is 0 Å². The number of aryl methyl sites for hydroxylation is 1. The number of rotatable bonds is 7. The number of unbranched alkanes of at least 4 members (excludes halogenated alkanes) is 2. The van der Waals surface area contributed by atoms with Crippen molar-refractivity contribution < 1.29 is 0 Å². The summed E-state index contributed by atoms with van der Waals surface area (Å²) in [5, 5.41) is 14.9. The predicted octanol–water partition coefficient (Wildman–Crippen LogP) is 2.38. The molecule has 6 nitrogen and oxygen atoms in total. The summed E-state index contributed by atoms with van der Waals surface area (Å²) < 4.78 is 1.98. The van der Waals surface area contributed by atoms with E-state index in [1.54, 1.807) is 7.05 Å². The molecule has 0 saturated carbocycles. The summed E-state index contributed by atoms with van der Waals surface area (Å²) in [7, 11) is 3.76. The van der Waals surface area contributed by atoms with Crippen LogP contribution in [0.4, 0.5) is 0 Å². The van der Waals surface area contributed by atoms with Gasteiger partial charge >= 0.3 is 0 Å². The second-order valence-electron chi connectivity index (χ2n) is 5.19. The van der Waals surface area contributed by atoms with Gasteiger partial charge in [-0.1, -0.05) is 26.2 Å². The Hall–Kier alpha value is -0.860. The Balaban J connectivity index is 0.00000400. The molecule has 0 amide bonds. The molecule has 1 heterocycles. The van der Waals surface area contributed by atoms with Gasteiger partial charge in [-0.05, 0) is 20.3 Å². The summed E-state index contributed by atoms with van der Waals surface area (Å²) in [6.45, 7) is 6.98. The Morgan fingerprint density at radius 2 is 2.05 bits per heavy atom. The minimum atomic E-state index is 0. The van der Waals surface area contributed by atoms with Gasteiger partial charge in [0.25, 0.3) is 0 Å². The molecular formula is C14H29IN6. The van der Waals surface area contributed by atoms with Gasteiger partial charge in [-0.25, -0.2) is 0 Å². The van der Waals surface area contributed by atoms with E-state index in [1.165, 1.54) is 19.3 Å². The Bertz CT molecular complexity index is 429. The van der Waals surface area contributed by atoms with E-state index in [2.05, 4.69) is 39.7 Å². The van der Waals surface area contributed by atoms with E-state index in [0.29, 0.717) is 12.6 Å². The molecule has 0 fully saturated rings. The zero-order valence-electron chi connectivity index (χ0n) is 13.8. The summed E-state index contributed by atoms with van der Waals surface area (Å²) in [4.78, 5) is 4.24. The molecule has 7 heteroatoms. The molecule has 0 bridgehead atoms. The minimum absolute atomic E-state index is 0. The second kappa shape index (κ2) is 10.8. The molecule has 21 heavy (non-hydrogen) atoms. The Kier molecular flexibility index (Phi) is 10.4. The van der Waals surface area contributed by atoms with Crippen molar-refractivity contribution in [2.24, 2.45) is 12.0 Å². The fourth-order valence-electron chi connectivity index (χ4n) is 1.97. The van der Waals surface area contributed by atoms with Crippen molar-refractivity contribution in [3.8, 4) is 0 Å². The summed E-state index contributed by atoms with van der Waals surface area (Å²) in [5.74, 6) is 2.64. The average molecular weight is 408 g/mol. The molecule has 0 aliphatic rings. The van der Waals surface area contributed by atoms with Gasteiger partial charge in [-0.15, -0.1) is 34.2 Å². The highest BCUT2D eigenvalue weighted by Gasteiger charge is 2.08. The van der Waals surface area contributed by atoms with Gasteiger partial charge in [-0.3, -0.25) is 4.99 Å². The fourth-order valence-corrected chi connectivity index (χ4v) is 1.97. The first-order valence-corrected chi connectivity index (χ1v) is 7.40. The maximum absolute atomic E-state index is 4.24. The molecule has 0 spiro atoms. The van der Waals surface area contributed by atoms with Crippen LogP contribution in [-0.2, 0) is 13.6 Å². The lowest BCUT2D eigenvalue weighted by atomic mass is 10.1. The first-order chi connectivity index (χ1) is 9.58. The quantitative estimate of drug-likeness (QED) is 0.315. The number of hydrogen-bond acceptors (Lipinski definition) is 3. The van der Waals surface area contributed by atoms with E-state index in [-0.39, 0.29) is 24.0 Å². The molecule has 122 valence electrons. The lowest BCUT2D eigenvalue weighted by Gasteiger charge is -2.17. The summed E-state index contributed by atoms with van der Waals surface area (Å²) in [6.07, 6.45) is 4.96. The summed E-state index contributed by atoms with van der Waals surface area (Å²) in [6, 6.07) is 0.425. The van der Waals surface area contributed by atoms with Crippen LogP contribution in [0.25, 0.3) is 0 Å². The second-order valence-corrected chi connectivity index (χ2v) is 5.19. The maximum Gasteiger partial charge on any atom is 0.191 e. The summed E-state index contributed by atoms with van der Waals surface area (Å²) in [5.41, 5.74) is 0. The van der Waals surface area contributed by atoms with Gasteiger partial charge < -0.3 is 15.2 Å². The van der Waals surface area contributed by atoms with Crippen LogP contribution in [0.5, 0.6) is 0 Å². The number of halogens is 1. The third-order valence-corrected chi connectivity index (χ3v) is 3.44. The molecule has 1 aromatic rings. The third kappa shape index (κ3) is 7.10. The fraction of sp³-hybridized carbons (Fsp3) is 0.786. The molecular weight excluding hydrogens is 379 g/mol. The van der Waals surface area contributed by atoms with Crippen LogP contribution in [0, 0.1) is 6.92 Å². The first-order valence-electron chi connectivity index (χ1n) is 7.40. The highest BCUT2D eigenvalue weighted by molar-refractivity contribution is 14.0. The smallest absolute Gasteiger partial charge is 0.191 e. The normalized spacial score (nSPS) is 12.7. The van der Waals surface area contributed by atoms with Crippen LogP contribution < -0.4 is 10.6 Å². The number of nitrogens with zero attached hydrogens (tertiary/aromatic N) is 4. The van der Waals surface area contributed by atoms with Gasteiger partial charge in [0.2, 0.25) is 0 Å². The van der Waals surface area contributed by atoms with E-state index < -0.39 is 0 Å². The van der Waals surface area contributed by atoms with Crippen LogP contribution in [0.1, 0.15) is 51.2 Å². The van der Waals surface area contributed by atoms with Crippen molar-refractivity contribution in [3.05, 3.63) is 11.6 Å². The molecule has 0 aliphatic heterocycles. The molecule has 0 aliphatic carbocycles. The van der Waals surface area contributed by atoms with Crippen molar-refractivity contribution in [1.82, 2.24) is 25.4 Å². The molecule has 1 aromatic heterocycles. The van der Waals surface area contributed by atoms with E-state index in [4.69, 9.17) is 0 Å². The van der Waals surface area contributed by atoms with Gasteiger partial charge in [0, 0.05) is 20.1 Å². The predicted molar refractivity (Wildman–Crippen MR) is 98.1 cm³/mol. The lowest BCUT2D eigenvalue weighted by molar-refractivity contribution is 0.545. The molecule has 1 unspecified atom stereocenters. The number of aliphatic imine (C=N–C) groups is 1. The van der Waals surface area contributed by atoms with Crippen molar-refractivity contribution in [2.45, 2.75) is 59.0 Å². The number of hydrogen-bond donors (Lipinski definition) is 2. The highest BCUT2D eigenvalue weighted by atomic mass is 127. The number of guanidine groups is 1. The average Bonchev–Trinajstić information content (AvgIpc) is 2.75. The van der Waals surface area contributed by atoms with E-state index >= 15 is 0 Å². The molecule has 0 saturated heterocycles. The lowest BCUT2D eigenvalue weighted by Crippen LogP contribution is -2.42. The van der Waals surface area contributed by atoms with Crippen molar-refractivity contribution in [2.75, 3.05) is 7.05 Å². The van der Waals surface area contributed by atoms with Gasteiger partial charge in [-0.2, -0.15) is 0 Å².